The predicted molar refractivity (Wildman–Crippen MR) is 75.6 cm³/mol. The molecule has 1 unspecified atom stereocenters. The molecular formula is C16H24O3. The van der Waals surface area contributed by atoms with Gasteiger partial charge in [-0.25, -0.2) is 0 Å². The third-order valence-corrected chi connectivity index (χ3v) is 3.72. The Bertz CT molecular complexity index is 395. The number of rotatable bonds is 6. The smallest absolute Gasteiger partial charge is 0.119 e. The summed E-state index contributed by atoms with van der Waals surface area (Å²) in [6.07, 6.45) is 1.15. The molecule has 2 rings (SSSR count). The molecule has 0 aromatic heterocycles. The van der Waals surface area contributed by atoms with Crippen molar-refractivity contribution >= 4 is 0 Å². The second kappa shape index (κ2) is 5.93. The van der Waals surface area contributed by atoms with E-state index in [1.165, 1.54) is 0 Å². The molecule has 3 nitrogen and oxygen atoms in total. The van der Waals surface area contributed by atoms with Crippen molar-refractivity contribution in [1.82, 2.24) is 0 Å². The van der Waals surface area contributed by atoms with Crippen molar-refractivity contribution in [2.45, 2.75) is 38.7 Å². The molecule has 1 fully saturated rings. The fourth-order valence-corrected chi connectivity index (χ4v) is 2.52. The second-order valence-corrected chi connectivity index (χ2v) is 6.02. The van der Waals surface area contributed by atoms with Gasteiger partial charge in [0.15, 0.2) is 0 Å². The van der Waals surface area contributed by atoms with Crippen LogP contribution in [0.4, 0.5) is 0 Å². The number of hydrogen-bond acceptors (Lipinski definition) is 3. The molecule has 0 bridgehead atoms. The molecule has 19 heavy (non-hydrogen) atoms. The molecule has 1 saturated heterocycles. The lowest BCUT2D eigenvalue weighted by molar-refractivity contribution is -0.0485. The van der Waals surface area contributed by atoms with Gasteiger partial charge in [-0.1, -0.05) is 19.1 Å². The van der Waals surface area contributed by atoms with Crippen LogP contribution in [0.3, 0.4) is 0 Å². The molecule has 0 amide bonds. The van der Waals surface area contributed by atoms with Crippen LogP contribution in [-0.4, -0.2) is 31.0 Å². The Kier molecular flexibility index (Phi) is 4.48. The van der Waals surface area contributed by atoms with Crippen LogP contribution in [0, 0.1) is 5.92 Å². The molecule has 0 radical (unpaired) electrons. The van der Waals surface area contributed by atoms with Crippen LogP contribution in [0.1, 0.15) is 32.8 Å². The minimum absolute atomic E-state index is 0.161. The first-order chi connectivity index (χ1) is 9.03. The summed E-state index contributed by atoms with van der Waals surface area (Å²) in [4.78, 5) is 0. The largest absolute Gasteiger partial charge is 0.491 e. The van der Waals surface area contributed by atoms with Gasteiger partial charge in [-0.3, -0.25) is 0 Å². The Hall–Kier alpha value is -1.06. The summed E-state index contributed by atoms with van der Waals surface area (Å²) in [5.41, 5.74) is 0.975. The summed E-state index contributed by atoms with van der Waals surface area (Å²) in [6.45, 7) is 7.95. The molecule has 0 spiro atoms. The van der Waals surface area contributed by atoms with Gasteiger partial charge in [0.2, 0.25) is 0 Å². The Morgan fingerprint density at radius 2 is 1.95 bits per heavy atom. The van der Waals surface area contributed by atoms with Crippen molar-refractivity contribution in [2.75, 3.05) is 19.8 Å². The maximum atomic E-state index is 9.75. The van der Waals surface area contributed by atoms with Crippen LogP contribution in [0.25, 0.3) is 0 Å². The van der Waals surface area contributed by atoms with E-state index in [-0.39, 0.29) is 18.1 Å². The van der Waals surface area contributed by atoms with Crippen molar-refractivity contribution < 1.29 is 14.6 Å². The van der Waals surface area contributed by atoms with Gasteiger partial charge in [-0.15, -0.1) is 0 Å². The first kappa shape index (κ1) is 14.4. The molecule has 1 aromatic carbocycles. The average Bonchev–Trinajstić information content (AvgIpc) is 2.34. The normalized spacial score (nSPS) is 19.0. The topological polar surface area (TPSA) is 38.7 Å². The van der Waals surface area contributed by atoms with E-state index in [9.17, 15) is 5.11 Å². The highest BCUT2D eigenvalue weighted by atomic mass is 16.5. The molecule has 0 saturated carbocycles. The van der Waals surface area contributed by atoms with Gasteiger partial charge < -0.3 is 14.6 Å². The molecule has 1 heterocycles. The minimum Gasteiger partial charge on any atom is -0.491 e. The Labute approximate surface area is 115 Å². The molecule has 106 valence electrons. The third kappa shape index (κ3) is 3.48. The number of aliphatic hydroxyl groups excluding tert-OH is 1. The van der Waals surface area contributed by atoms with E-state index in [0.717, 1.165) is 30.9 Å². The highest BCUT2D eigenvalue weighted by Crippen LogP contribution is 2.34. The number of benzene rings is 1. The summed E-state index contributed by atoms with van der Waals surface area (Å²) < 4.78 is 10.9. The highest BCUT2D eigenvalue weighted by molar-refractivity contribution is 5.32. The van der Waals surface area contributed by atoms with Crippen LogP contribution >= 0.6 is 0 Å². The molecule has 1 N–H and O–H groups in total. The van der Waals surface area contributed by atoms with Gasteiger partial charge in [0.05, 0.1) is 25.9 Å². The number of hydrogen-bond donors (Lipinski definition) is 1. The van der Waals surface area contributed by atoms with Crippen molar-refractivity contribution in [1.29, 1.82) is 0 Å². The van der Waals surface area contributed by atoms with Crippen LogP contribution < -0.4 is 4.74 Å². The van der Waals surface area contributed by atoms with E-state index in [0.29, 0.717) is 5.92 Å². The van der Waals surface area contributed by atoms with Gasteiger partial charge in [0.25, 0.3) is 0 Å². The molecule has 1 aromatic rings. The fraction of sp³-hybridized carbons (Fsp3) is 0.625. The summed E-state index contributed by atoms with van der Waals surface area (Å²) >= 11 is 0. The van der Waals surface area contributed by atoms with Crippen molar-refractivity contribution in [2.24, 2.45) is 5.92 Å². The summed E-state index contributed by atoms with van der Waals surface area (Å²) in [5, 5.41) is 9.75. The van der Waals surface area contributed by atoms with Crippen LogP contribution in [0.5, 0.6) is 5.75 Å². The predicted octanol–water partition coefficient (Wildman–Crippen LogP) is 2.76. The van der Waals surface area contributed by atoms with E-state index in [4.69, 9.17) is 9.47 Å². The van der Waals surface area contributed by atoms with Crippen LogP contribution in [0.2, 0.25) is 0 Å². The molecule has 1 atom stereocenters. The molecule has 0 aliphatic carbocycles. The summed E-state index contributed by atoms with van der Waals surface area (Å²) in [5.74, 6) is 1.45. The Morgan fingerprint density at radius 1 is 1.32 bits per heavy atom. The van der Waals surface area contributed by atoms with Gasteiger partial charge >= 0.3 is 0 Å². The molecular weight excluding hydrogens is 240 g/mol. The van der Waals surface area contributed by atoms with E-state index in [1.807, 2.05) is 26.0 Å². The zero-order valence-electron chi connectivity index (χ0n) is 12.1. The highest BCUT2D eigenvalue weighted by Gasteiger charge is 2.32. The number of ether oxygens (including phenoxy) is 2. The van der Waals surface area contributed by atoms with Gasteiger partial charge in [0, 0.05) is 11.3 Å². The standard InChI is InChI=1S/C16H24O3/c1-12(2)19-15-6-4-14(5-7-15)16(3,11-17)8-13-9-18-10-13/h4-7,12-13,17H,8-11H2,1-3H3. The van der Waals surface area contributed by atoms with Crippen molar-refractivity contribution in [3.63, 3.8) is 0 Å². The fourth-order valence-electron chi connectivity index (χ4n) is 2.52. The SMILES string of the molecule is CC(C)Oc1ccc(C(C)(CO)CC2COC2)cc1. The summed E-state index contributed by atoms with van der Waals surface area (Å²) in [6, 6.07) is 8.10. The van der Waals surface area contributed by atoms with E-state index >= 15 is 0 Å². The molecule has 3 heteroatoms. The van der Waals surface area contributed by atoms with Gasteiger partial charge in [0.1, 0.15) is 5.75 Å². The lowest BCUT2D eigenvalue weighted by Gasteiger charge is -2.36. The number of aliphatic hydroxyl groups is 1. The second-order valence-electron chi connectivity index (χ2n) is 6.02. The first-order valence-electron chi connectivity index (χ1n) is 6.99. The van der Waals surface area contributed by atoms with Crippen molar-refractivity contribution in [3.8, 4) is 5.75 Å². The quantitative estimate of drug-likeness (QED) is 0.858. The van der Waals surface area contributed by atoms with Crippen molar-refractivity contribution in [3.05, 3.63) is 29.8 Å². The van der Waals surface area contributed by atoms with E-state index in [2.05, 4.69) is 19.1 Å². The zero-order chi connectivity index (χ0) is 13.9. The monoisotopic (exact) mass is 264 g/mol. The third-order valence-electron chi connectivity index (χ3n) is 3.72. The Balaban J connectivity index is 2.08. The maximum Gasteiger partial charge on any atom is 0.119 e. The van der Waals surface area contributed by atoms with Crippen LogP contribution in [0.15, 0.2) is 24.3 Å². The van der Waals surface area contributed by atoms with E-state index in [1.54, 1.807) is 0 Å². The van der Waals surface area contributed by atoms with Gasteiger partial charge in [-0.05, 0) is 38.0 Å². The minimum atomic E-state index is -0.190. The molecule has 1 aliphatic rings. The first-order valence-corrected chi connectivity index (χ1v) is 6.99. The maximum absolute atomic E-state index is 9.75. The van der Waals surface area contributed by atoms with E-state index < -0.39 is 0 Å². The summed E-state index contributed by atoms with van der Waals surface area (Å²) in [7, 11) is 0. The van der Waals surface area contributed by atoms with Gasteiger partial charge in [-0.2, -0.15) is 0 Å². The zero-order valence-corrected chi connectivity index (χ0v) is 12.1. The molecule has 1 aliphatic heterocycles. The Morgan fingerprint density at radius 3 is 2.37 bits per heavy atom. The average molecular weight is 264 g/mol. The lowest BCUT2D eigenvalue weighted by atomic mass is 9.75. The van der Waals surface area contributed by atoms with Crippen LogP contribution in [-0.2, 0) is 10.2 Å². The lowest BCUT2D eigenvalue weighted by Crippen LogP contribution is -2.37.